The van der Waals surface area contributed by atoms with Crippen LogP contribution in [0.15, 0.2) is 224 Å². The molecular weight excluding hydrogens is 775 g/mol. The normalized spacial score (nSPS) is 14.2. The Balaban J connectivity index is 1.06. The Morgan fingerprint density at radius 1 is 0.344 bits per heavy atom. The van der Waals surface area contributed by atoms with Crippen LogP contribution < -0.4 is 9.64 Å². The predicted octanol–water partition coefficient (Wildman–Crippen LogP) is 16.4. The number of hydrogen-bond donors (Lipinski definition) is 0. The lowest BCUT2D eigenvalue weighted by Crippen LogP contribution is -2.32. The van der Waals surface area contributed by atoms with E-state index in [-0.39, 0.29) is 5.41 Å². The zero-order valence-corrected chi connectivity index (χ0v) is 35.7. The molecule has 10 aromatic carbocycles. The Hall–Kier alpha value is -7.94. The highest BCUT2D eigenvalue weighted by Crippen LogP contribution is 2.63. The van der Waals surface area contributed by atoms with Crippen LogP contribution >= 0.6 is 0 Å². The van der Waals surface area contributed by atoms with Crippen molar-refractivity contribution in [3.63, 3.8) is 0 Å². The Kier molecular flexibility index (Phi) is 7.90. The van der Waals surface area contributed by atoms with Crippen molar-refractivity contribution >= 4 is 27.8 Å². The number of benzene rings is 10. The van der Waals surface area contributed by atoms with E-state index in [1.54, 1.807) is 0 Å². The zero-order valence-electron chi connectivity index (χ0n) is 35.7. The first-order valence-electron chi connectivity index (χ1n) is 22.3. The van der Waals surface area contributed by atoms with Gasteiger partial charge in [0.05, 0.1) is 5.41 Å². The minimum absolute atomic E-state index is 0.167. The standard InChI is InChI=1S/C62H43NO/c1-61(2)52-26-11-8-23-48(52)51-35-32-44(38-56(51)61)63(43-21-16-20-42(37-43)47-34-31-40-17-6-7-22-46(40)60(47)41-18-4-3-5-19-41)45-33-36-59-57(39-45)62(55-29-14-15-30-58(55)64-59)53-27-12-9-24-49(53)50-25-10-13-28-54(50)62/h3-39H,1-2H3. The Morgan fingerprint density at radius 3 is 1.64 bits per heavy atom. The van der Waals surface area contributed by atoms with Crippen LogP contribution in [0.5, 0.6) is 11.5 Å². The number of rotatable bonds is 5. The van der Waals surface area contributed by atoms with Crippen molar-refractivity contribution in [3.8, 4) is 56.0 Å². The van der Waals surface area contributed by atoms with Gasteiger partial charge >= 0.3 is 0 Å². The van der Waals surface area contributed by atoms with Crippen molar-refractivity contribution in [1.82, 2.24) is 0 Å². The molecule has 1 spiro atoms. The molecule has 0 saturated heterocycles. The van der Waals surface area contributed by atoms with Gasteiger partial charge in [-0.15, -0.1) is 0 Å². The van der Waals surface area contributed by atoms with E-state index in [4.69, 9.17) is 4.74 Å². The number of nitrogens with zero attached hydrogens (tertiary/aromatic N) is 1. The lowest BCUT2D eigenvalue weighted by molar-refractivity contribution is 0.436. The molecule has 2 aliphatic carbocycles. The molecule has 1 heterocycles. The fourth-order valence-electron chi connectivity index (χ4n) is 11.5. The fourth-order valence-corrected chi connectivity index (χ4v) is 11.5. The van der Waals surface area contributed by atoms with E-state index < -0.39 is 5.41 Å². The van der Waals surface area contributed by atoms with Crippen LogP contribution in [0.1, 0.15) is 47.2 Å². The first kappa shape index (κ1) is 36.7. The summed E-state index contributed by atoms with van der Waals surface area (Å²) in [6, 6.07) is 82.7. The summed E-state index contributed by atoms with van der Waals surface area (Å²) in [4.78, 5) is 2.47. The number of hydrogen-bond acceptors (Lipinski definition) is 2. The first-order chi connectivity index (χ1) is 31.5. The highest BCUT2D eigenvalue weighted by Gasteiger charge is 2.51. The number of anilines is 3. The summed E-state index contributed by atoms with van der Waals surface area (Å²) in [6.45, 7) is 4.73. The summed E-state index contributed by atoms with van der Waals surface area (Å²) in [6.07, 6.45) is 0. The van der Waals surface area contributed by atoms with Gasteiger partial charge in [-0.3, -0.25) is 0 Å². The summed E-state index contributed by atoms with van der Waals surface area (Å²) in [5, 5.41) is 2.47. The van der Waals surface area contributed by atoms with Crippen LogP contribution in [0.2, 0.25) is 0 Å². The largest absolute Gasteiger partial charge is 0.457 e. The molecule has 0 saturated carbocycles. The van der Waals surface area contributed by atoms with E-state index in [2.05, 4.69) is 243 Å². The molecule has 64 heavy (non-hydrogen) atoms. The third-order valence-electron chi connectivity index (χ3n) is 14.3. The Morgan fingerprint density at radius 2 is 0.875 bits per heavy atom. The maximum absolute atomic E-state index is 6.91. The zero-order chi connectivity index (χ0) is 42.6. The van der Waals surface area contributed by atoms with E-state index in [0.717, 1.165) is 45.3 Å². The molecule has 13 rings (SSSR count). The van der Waals surface area contributed by atoms with E-state index in [0.29, 0.717) is 0 Å². The van der Waals surface area contributed by atoms with Gasteiger partial charge in [0.25, 0.3) is 0 Å². The summed E-state index contributed by atoms with van der Waals surface area (Å²) >= 11 is 0. The molecule has 0 unspecified atom stereocenters. The summed E-state index contributed by atoms with van der Waals surface area (Å²) in [5.74, 6) is 1.76. The van der Waals surface area contributed by atoms with Crippen molar-refractivity contribution in [2.45, 2.75) is 24.7 Å². The highest BCUT2D eigenvalue weighted by molar-refractivity contribution is 6.04. The van der Waals surface area contributed by atoms with Gasteiger partial charge in [0, 0.05) is 33.6 Å². The molecule has 10 aromatic rings. The van der Waals surface area contributed by atoms with E-state index in [1.165, 1.54) is 72.0 Å². The fraction of sp³-hybridized carbons (Fsp3) is 0.0645. The van der Waals surface area contributed by atoms with Crippen LogP contribution in [0.3, 0.4) is 0 Å². The Labute approximate surface area is 374 Å². The van der Waals surface area contributed by atoms with E-state index >= 15 is 0 Å². The summed E-state index contributed by atoms with van der Waals surface area (Å²) in [5.41, 5.74) is 20.0. The molecular formula is C62H43NO. The number of fused-ring (bicyclic) bond motifs is 13. The number of para-hydroxylation sites is 1. The minimum atomic E-state index is -0.585. The quantitative estimate of drug-likeness (QED) is 0.172. The monoisotopic (exact) mass is 817 g/mol. The molecule has 0 fully saturated rings. The van der Waals surface area contributed by atoms with Gasteiger partial charge in [0.2, 0.25) is 0 Å². The van der Waals surface area contributed by atoms with Crippen molar-refractivity contribution in [3.05, 3.63) is 258 Å². The summed E-state index contributed by atoms with van der Waals surface area (Å²) < 4.78 is 6.91. The van der Waals surface area contributed by atoms with E-state index in [9.17, 15) is 0 Å². The van der Waals surface area contributed by atoms with Crippen molar-refractivity contribution < 1.29 is 4.74 Å². The average Bonchev–Trinajstić information content (AvgIpc) is 3.77. The molecule has 0 amide bonds. The van der Waals surface area contributed by atoms with Gasteiger partial charge in [-0.1, -0.05) is 190 Å². The van der Waals surface area contributed by atoms with Crippen molar-refractivity contribution in [2.75, 3.05) is 4.90 Å². The first-order valence-corrected chi connectivity index (χ1v) is 22.3. The molecule has 2 heteroatoms. The van der Waals surface area contributed by atoms with Gasteiger partial charge in [0.1, 0.15) is 11.5 Å². The van der Waals surface area contributed by atoms with Gasteiger partial charge in [-0.2, -0.15) is 0 Å². The minimum Gasteiger partial charge on any atom is -0.457 e. The molecule has 3 aliphatic rings. The van der Waals surface area contributed by atoms with Gasteiger partial charge in [0.15, 0.2) is 0 Å². The van der Waals surface area contributed by atoms with Crippen LogP contribution in [-0.2, 0) is 10.8 Å². The molecule has 0 N–H and O–H groups in total. The van der Waals surface area contributed by atoms with Crippen LogP contribution in [0, 0.1) is 0 Å². The molecule has 0 bridgehead atoms. The van der Waals surface area contributed by atoms with Gasteiger partial charge in [-0.25, -0.2) is 0 Å². The highest BCUT2D eigenvalue weighted by atomic mass is 16.5. The van der Waals surface area contributed by atoms with Crippen LogP contribution in [0.25, 0.3) is 55.3 Å². The molecule has 0 aromatic heterocycles. The van der Waals surface area contributed by atoms with Gasteiger partial charge in [-0.05, 0) is 126 Å². The molecule has 0 atom stereocenters. The van der Waals surface area contributed by atoms with Crippen LogP contribution in [0.4, 0.5) is 17.1 Å². The second kappa shape index (κ2) is 13.8. The second-order valence-electron chi connectivity index (χ2n) is 18.0. The van der Waals surface area contributed by atoms with Crippen LogP contribution in [-0.4, -0.2) is 0 Å². The smallest absolute Gasteiger partial charge is 0.132 e. The Bertz CT molecular complexity index is 3480. The third kappa shape index (κ3) is 5.14. The average molecular weight is 818 g/mol. The lowest BCUT2D eigenvalue weighted by atomic mass is 9.66. The maximum Gasteiger partial charge on any atom is 0.132 e. The van der Waals surface area contributed by atoms with Gasteiger partial charge < -0.3 is 9.64 Å². The third-order valence-corrected chi connectivity index (χ3v) is 14.3. The lowest BCUT2D eigenvalue weighted by Gasteiger charge is -2.40. The predicted molar refractivity (Wildman–Crippen MR) is 264 cm³/mol. The van der Waals surface area contributed by atoms with Crippen molar-refractivity contribution in [2.24, 2.45) is 0 Å². The molecule has 0 radical (unpaired) electrons. The SMILES string of the molecule is CC1(C)c2ccccc2-c2ccc(N(c3cccc(-c4ccc5ccccc5c4-c4ccccc4)c3)c3ccc4c(c3)C3(c5ccccc5O4)c4ccccc4-c4ccccc43)cc21. The topological polar surface area (TPSA) is 12.5 Å². The van der Waals surface area contributed by atoms with Crippen molar-refractivity contribution in [1.29, 1.82) is 0 Å². The number of ether oxygens (including phenoxy) is 1. The molecule has 1 aliphatic heterocycles. The molecule has 2 nitrogen and oxygen atoms in total. The van der Waals surface area contributed by atoms with E-state index in [1.807, 2.05) is 0 Å². The summed E-state index contributed by atoms with van der Waals surface area (Å²) in [7, 11) is 0. The maximum atomic E-state index is 6.91. The second-order valence-corrected chi connectivity index (χ2v) is 18.0. The molecule has 302 valence electrons.